The molecule has 0 aliphatic carbocycles. The maximum atomic E-state index is 12.5. The van der Waals surface area contributed by atoms with Gasteiger partial charge >= 0.3 is 0 Å². The fourth-order valence-corrected chi connectivity index (χ4v) is 3.10. The SMILES string of the molecule is Cc1cccc(NC(=O)/C(C#N)=C/c2ccc(OCC(=O)N3CCOCC3)cc2)c1C. The molecule has 1 heterocycles. The van der Waals surface area contributed by atoms with Crippen molar-refractivity contribution in [1.82, 2.24) is 4.90 Å². The van der Waals surface area contributed by atoms with Crippen LogP contribution in [0.15, 0.2) is 48.0 Å². The molecule has 2 aromatic rings. The Hall–Kier alpha value is -3.63. The summed E-state index contributed by atoms with van der Waals surface area (Å²) in [6.07, 6.45) is 1.52. The van der Waals surface area contributed by atoms with Crippen LogP contribution in [0.1, 0.15) is 16.7 Å². The topological polar surface area (TPSA) is 91.7 Å². The van der Waals surface area contributed by atoms with Crippen molar-refractivity contribution in [2.75, 3.05) is 38.2 Å². The smallest absolute Gasteiger partial charge is 0.266 e. The van der Waals surface area contributed by atoms with Gasteiger partial charge in [0.1, 0.15) is 17.4 Å². The number of aryl methyl sites for hydroxylation is 1. The van der Waals surface area contributed by atoms with Gasteiger partial charge in [-0.05, 0) is 54.8 Å². The predicted octanol–water partition coefficient (Wildman–Crippen LogP) is 3.09. The van der Waals surface area contributed by atoms with Crippen molar-refractivity contribution in [2.45, 2.75) is 13.8 Å². The van der Waals surface area contributed by atoms with Crippen LogP contribution in [0, 0.1) is 25.2 Å². The van der Waals surface area contributed by atoms with Crippen LogP contribution < -0.4 is 10.1 Å². The van der Waals surface area contributed by atoms with E-state index in [9.17, 15) is 14.9 Å². The molecule has 0 spiro atoms. The first kappa shape index (κ1) is 22.1. The molecule has 0 aromatic heterocycles. The molecule has 0 atom stereocenters. The van der Waals surface area contributed by atoms with E-state index in [4.69, 9.17) is 9.47 Å². The molecule has 2 aromatic carbocycles. The summed E-state index contributed by atoms with van der Waals surface area (Å²) >= 11 is 0. The van der Waals surface area contributed by atoms with Crippen LogP contribution >= 0.6 is 0 Å². The van der Waals surface area contributed by atoms with E-state index in [0.29, 0.717) is 43.3 Å². The average molecular weight is 419 g/mol. The minimum atomic E-state index is -0.465. The van der Waals surface area contributed by atoms with Gasteiger partial charge in [0, 0.05) is 18.8 Å². The Kier molecular flexibility index (Phi) is 7.41. The van der Waals surface area contributed by atoms with Crippen LogP contribution in [0.25, 0.3) is 6.08 Å². The van der Waals surface area contributed by atoms with Gasteiger partial charge in [-0.15, -0.1) is 0 Å². The monoisotopic (exact) mass is 419 g/mol. The van der Waals surface area contributed by atoms with Gasteiger partial charge in [0.05, 0.1) is 13.2 Å². The number of morpholine rings is 1. The Labute approximate surface area is 181 Å². The second kappa shape index (κ2) is 10.4. The molecular weight excluding hydrogens is 394 g/mol. The van der Waals surface area contributed by atoms with Crippen LogP contribution in [0.5, 0.6) is 5.75 Å². The van der Waals surface area contributed by atoms with Crippen LogP contribution in [0.2, 0.25) is 0 Å². The summed E-state index contributed by atoms with van der Waals surface area (Å²) in [6.45, 7) is 6.08. The van der Waals surface area contributed by atoms with Gasteiger partial charge < -0.3 is 19.7 Å². The summed E-state index contributed by atoms with van der Waals surface area (Å²) in [4.78, 5) is 26.4. The highest BCUT2D eigenvalue weighted by Crippen LogP contribution is 2.20. The number of amides is 2. The van der Waals surface area contributed by atoms with Gasteiger partial charge in [-0.2, -0.15) is 5.26 Å². The number of hydrogen-bond donors (Lipinski definition) is 1. The lowest BCUT2D eigenvalue weighted by Crippen LogP contribution is -2.42. The molecule has 1 fully saturated rings. The van der Waals surface area contributed by atoms with Crippen LogP contribution in [0.4, 0.5) is 5.69 Å². The van der Waals surface area contributed by atoms with Crippen LogP contribution in [0.3, 0.4) is 0 Å². The zero-order valence-electron chi connectivity index (χ0n) is 17.7. The highest BCUT2D eigenvalue weighted by Gasteiger charge is 2.17. The second-order valence-electron chi connectivity index (χ2n) is 7.22. The summed E-state index contributed by atoms with van der Waals surface area (Å²) in [7, 11) is 0. The Morgan fingerprint density at radius 3 is 2.55 bits per heavy atom. The van der Waals surface area contributed by atoms with Gasteiger partial charge in [0.15, 0.2) is 6.61 Å². The Balaban J connectivity index is 1.61. The van der Waals surface area contributed by atoms with Gasteiger partial charge in [-0.1, -0.05) is 24.3 Å². The molecule has 7 nitrogen and oxygen atoms in total. The van der Waals surface area contributed by atoms with Crippen LogP contribution in [-0.4, -0.2) is 49.6 Å². The Bertz CT molecular complexity index is 1020. The highest BCUT2D eigenvalue weighted by atomic mass is 16.5. The summed E-state index contributed by atoms with van der Waals surface area (Å²) in [5, 5.41) is 12.2. The molecule has 0 bridgehead atoms. The third kappa shape index (κ3) is 5.93. The largest absolute Gasteiger partial charge is 0.484 e. The molecular formula is C24H25N3O4. The molecule has 2 amide bonds. The first-order chi connectivity index (χ1) is 15.0. The molecule has 0 unspecified atom stereocenters. The maximum absolute atomic E-state index is 12.5. The molecule has 1 aliphatic rings. The van der Waals surface area contributed by atoms with E-state index in [2.05, 4.69) is 5.32 Å². The van der Waals surface area contributed by atoms with Gasteiger partial charge in [0.2, 0.25) is 0 Å². The standard InChI is InChI=1S/C24H25N3O4/c1-17-4-3-5-22(18(17)2)26-24(29)20(15-25)14-19-6-8-21(9-7-19)31-16-23(28)27-10-12-30-13-11-27/h3-9,14H,10-13,16H2,1-2H3,(H,26,29)/b20-14+. The predicted molar refractivity (Wildman–Crippen MR) is 117 cm³/mol. The number of benzene rings is 2. The third-order valence-corrected chi connectivity index (χ3v) is 5.14. The zero-order chi connectivity index (χ0) is 22.2. The number of nitrogens with one attached hydrogen (secondary N) is 1. The number of anilines is 1. The van der Waals surface area contributed by atoms with E-state index in [1.165, 1.54) is 6.08 Å². The normalized spacial score (nSPS) is 14.0. The third-order valence-electron chi connectivity index (χ3n) is 5.14. The van der Waals surface area contributed by atoms with Crippen LogP contribution in [-0.2, 0) is 14.3 Å². The number of carbonyl (C=O) groups is 2. The van der Waals surface area contributed by atoms with Gasteiger partial charge in [-0.3, -0.25) is 9.59 Å². The summed E-state index contributed by atoms with van der Waals surface area (Å²) < 4.78 is 10.8. The minimum Gasteiger partial charge on any atom is -0.484 e. The Morgan fingerprint density at radius 2 is 1.87 bits per heavy atom. The van der Waals surface area contributed by atoms with Crippen molar-refractivity contribution < 1.29 is 19.1 Å². The second-order valence-corrected chi connectivity index (χ2v) is 7.22. The number of nitriles is 1. The fraction of sp³-hybridized carbons (Fsp3) is 0.292. The minimum absolute atomic E-state index is 0.00271. The fourth-order valence-electron chi connectivity index (χ4n) is 3.10. The number of carbonyl (C=O) groups excluding carboxylic acids is 2. The quantitative estimate of drug-likeness (QED) is 0.574. The molecule has 7 heteroatoms. The van der Waals surface area contributed by atoms with Crippen molar-refractivity contribution in [1.29, 1.82) is 5.26 Å². The lowest BCUT2D eigenvalue weighted by Gasteiger charge is -2.26. The molecule has 1 N–H and O–H groups in total. The highest BCUT2D eigenvalue weighted by molar-refractivity contribution is 6.10. The first-order valence-electron chi connectivity index (χ1n) is 10.1. The molecule has 3 rings (SSSR count). The lowest BCUT2D eigenvalue weighted by molar-refractivity contribution is -0.137. The summed E-state index contributed by atoms with van der Waals surface area (Å²) in [5.41, 5.74) is 3.38. The van der Waals surface area contributed by atoms with Gasteiger partial charge in [-0.25, -0.2) is 0 Å². The average Bonchev–Trinajstić information content (AvgIpc) is 2.80. The van der Waals surface area contributed by atoms with E-state index in [-0.39, 0.29) is 18.1 Å². The summed E-state index contributed by atoms with van der Waals surface area (Å²) in [5.74, 6) is -0.00751. The molecule has 1 saturated heterocycles. The van der Waals surface area contributed by atoms with Gasteiger partial charge in [0.25, 0.3) is 11.8 Å². The van der Waals surface area contributed by atoms with E-state index in [1.54, 1.807) is 35.2 Å². The molecule has 1 aliphatic heterocycles. The maximum Gasteiger partial charge on any atom is 0.266 e. The van der Waals surface area contributed by atoms with Crippen molar-refractivity contribution in [2.24, 2.45) is 0 Å². The van der Waals surface area contributed by atoms with Crippen molar-refractivity contribution in [3.63, 3.8) is 0 Å². The van der Waals surface area contributed by atoms with Crippen molar-refractivity contribution in [3.05, 3.63) is 64.7 Å². The number of hydrogen-bond acceptors (Lipinski definition) is 5. The number of nitrogens with zero attached hydrogens (tertiary/aromatic N) is 2. The lowest BCUT2D eigenvalue weighted by atomic mass is 10.1. The van der Waals surface area contributed by atoms with E-state index in [0.717, 1.165) is 11.1 Å². The number of rotatable bonds is 6. The first-order valence-corrected chi connectivity index (χ1v) is 10.1. The zero-order valence-corrected chi connectivity index (χ0v) is 17.7. The Morgan fingerprint density at radius 1 is 1.16 bits per heavy atom. The molecule has 0 radical (unpaired) electrons. The van der Waals surface area contributed by atoms with Crippen molar-refractivity contribution in [3.8, 4) is 11.8 Å². The molecule has 31 heavy (non-hydrogen) atoms. The van der Waals surface area contributed by atoms with Crippen molar-refractivity contribution >= 4 is 23.6 Å². The molecule has 160 valence electrons. The number of ether oxygens (including phenoxy) is 2. The summed E-state index contributed by atoms with van der Waals surface area (Å²) in [6, 6.07) is 14.5. The van der Waals surface area contributed by atoms with E-state index < -0.39 is 5.91 Å². The van der Waals surface area contributed by atoms with E-state index in [1.807, 2.05) is 32.0 Å². The molecule has 0 saturated carbocycles. The van der Waals surface area contributed by atoms with E-state index >= 15 is 0 Å².